The molecule has 0 N–H and O–H groups in total. The van der Waals surface area contributed by atoms with Crippen LogP contribution in [0.2, 0.25) is 0 Å². The van der Waals surface area contributed by atoms with Gasteiger partial charge in [-0.1, -0.05) is 0 Å². The molecule has 0 saturated heterocycles. The molecule has 1 aliphatic rings. The Morgan fingerprint density at radius 1 is 1.15 bits per heavy atom. The molecule has 0 amide bonds. The first-order valence-corrected chi connectivity index (χ1v) is 9.72. The SMILES string of the molecule is COc1ccc(-c2[c]c3c(s2)C=C(S(=O)(=O)C(F)(F)F)CC3=O)cc1OC. The number of rotatable bonds is 4. The Morgan fingerprint density at radius 2 is 1.81 bits per heavy atom. The van der Waals surface area contributed by atoms with Crippen LogP contribution in [0.3, 0.4) is 0 Å². The molecule has 5 nitrogen and oxygen atoms in total. The van der Waals surface area contributed by atoms with E-state index in [9.17, 15) is 26.4 Å². The number of alkyl halides is 3. The Labute approximate surface area is 156 Å². The zero-order valence-corrected chi connectivity index (χ0v) is 15.6. The van der Waals surface area contributed by atoms with Crippen molar-refractivity contribution >= 4 is 33.0 Å². The number of ketones is 1. The van der Waals surface area contributed by atoms with Crippen LogP contribution in [0.1, 0.15) is 21.7 Å². The van der Waals surface area contributed by atoms with Gasteiger partial charge >= 0.3 is 5.51 Å². The van der Waals surface area contributed by atoms with Crippen molar-refractivity contribution in [3.8, 4) is 21.9 Å². The predicted molar refractivity (Wildman–Crippen MR) is 93.6 cm³/mol. The summed E-state index contributed by atoms with van der Waals surface area (Å²) in [5.41, 5.74) is -4.77. The van der Waals surface area contributed by atoms with Crippen LogP contribution in [0.4, 0.5) is 13.2 Å². The largest absolute Gasteiger partial charge is 0.501 e. The van der Waals surface area contributed by atoms with E-state index >= 15 is 0 Å². The summed E-state index contributed by atoms with van der Waals surface area (Å²) in [5.74, 6) is 0.187. The summed E-state index contributed by atoms with van der Waals surface area (Å²) in [4.78, 5) is 11.8. The maximum atomic E-state index is 12.8. The number of benzene rings is 1. The second-order valence-electron chi connectivity index (χ2n) is 5.52. The first-order valence-electron chi connectivity index (χ1n) is 7.42. The molecule has 0 bridgehead atoms. The standard InChI is InChI=1S/C17H12F3O5S2/c1-24-13-4-3-9(5-14(13)25-2)15-8-11-12(21)6-10(7-16(11)26-15)27(22,23)17(18,19)20/h3-5,7H,6H2,1-2H3. The van der Waals surface area contributed by atoms with E-state index < -0.39 is 32.5 Å². The minimum absolute atomic E-state index is 0.0749. The Bertz CT molecular complexity index is 1050. The van der Waals surface area contributed by atoms with Gasteiger partial charge in [-0.25, -0.2) is 8.42 Å². The third-order valence-electron chi connectivity index (χ3n) is 3.90. The summed E-state index contributed by atoms with van der Waals surface area (Å²) in [6.45, 7) is 0. The Balaban J connectivity index is 2.08. The van der Waals surface area contributed by atoms with Crippen molar-refractivity contribution in [1.82, 2.24) is 0 Å². The number of fused-ring (bicyclic) bond motifs is 1. The number of carbonyl (C=O) groups is 1. The number of thiophene rings is 1. The molecule has 0 unspecified atom stereocenters. The number of hydrogen-bond donors (Lipinski definition) is 0. The Morgan fingerprint density at radius 3 is 2.41 bits per heavy atom. The quantitative estimate of drug-likeness (QED) is 0.749. The molecule has 2 aromatic rings. The number of hydrogen-bond acceptors (Lipinski definition) is 6. The van der Waals surface area contributed by atoms with E-state index in [0.717, 1.165) is 17.4 Å². The molecule has 0 atom stereocenters. The summed E-state index contributed by atoms with van der Waals surface area (Å²) >= 11 is 0.974. The topological polar surface area (TPSA) is 69.7 Å². The van der Waals surface area contributed by atoms with Gasteiger partial charge in [0.05, 0.1) is 19.1 Å². The summed E-state index contributed by atoms with van der Waals surface area (Å²) in [7, 11) is -2.63. The normalized spacial score (nSPS) is 14.6. The lowest BCUT2D eigenvalue weighted by molar-refractivity contribution is -0.0426. The molecule has 143 valence electrons. The Hall–Kier alpha value is -2.33. The smallest absolute Gasteiger partial charge is 0.493 e. The summed E-state index contributed by atoms with van der Waals surface area (Å²) in [6, 6.07) is 7.80. The van der Waals surface area contributed by atoms with Crippen LogP contribution in [-0.4, -0.2) is 33.9 Å². The number of allylic oxidation sites excluding steroid dienone is 1. The molecule has 0 fully saturated rings. The molecule has 1 aromatic heterocycles. The third-order valence-corrected chi connectivity index (χ3v) is 6.54. The van der Waals surface area contributed by atoms with E-state index in [1.807, 2.05) is 0 Å². The molecule has 1 aromatic carbocycles. The molecular formula is C17H12F3O5S2. The van der Waals surface area contributed by atoms with Crippen molar-refractivity contribution in [2.75, 3.05) is 14.2 Å². The fourth-order valence-corrected chi connectivity index (χ4v) is 4.60. The average molecular weight is 417 g/mol. The van der Waals surface area contributed by atoms with Crippen molar-refractivity contribution in [2.45, 2.75) is 11.9 Å². The summed E-state index contributed by atoms with van der Waals surface area (Å²) in [6.07, 6.45) is 0.0540. The number of Topliss-reactive ketones (excluding diaryl/α,β-unsaturated/α-hetero) is 1. The van der Waals surface area contributed by atoms with Crippen molar-refractivity contribution in [3.63, 3.8) is 0 Å². The molecule has 0 saturated carbocycles. The molecule has 1 radical (unpaired) electrons. The predicted octanol–water partition coefficient (Wildman–Crippen LogP) is 4.09. The Kier molecular flexibility index (Phi) is 4.81. The third kappa shape index (κ3) is 3.34. The molecule has 1 aliphatic carbocycles. The van der Waals surface area contributed by atoms with Crippen molar-refractivity contribution in [3.05, 3.63) is 39.6 Å². The van der Waals surface area contributed by atoms with Gasteiger partial charge in [0.15, 0.2) is 17.3 Å². The number of carbonyl (C=O) groups excluding carboxylic acids is 1. The van der Waals surface area contributed by atoms with Gasteiger partial charge in [-0.2, -0.15) is 13.2 Å². The van der Waals surface area contributed by atoms with E-state index in [0.29, 0.717) is 21.9 Å². The lowest BCUT2D eigenvalue weighted by atomic mass is 10.0. The van der Waals surface area contributed by atoms with Crippen LogP contribution >= 0.6 is 11.3 Å². The zero-order valence-electron chi connectivity index (χ0n) is 14.0. The number of halogens is 3. The van der Waals surface area contributed by atoms with E-state index in [1.165, 1.54) is 14.2 Å². The highest BCUT2D eigenvalue weighted by Crippen LogP contribution is 2.42. The van der Waals surface area contributed by atoms with Gasteiger partial charge in [-0.3, -0.25) is 4.79 Å². The lowest BCUT2D eigenvalue weighted by Gasteiger charge is -2.14. The molecule has 27 heavy (non-hydrogen) atoms. The fraction of sp³-hybridized carbons (Fsp3) is 0.235. The van der Waals surface area contributed by atoms with Crippen LogP contribution < -0.4 is 9.47 Å². The minimum Gasteiger partial charge on any atom is -0.493 e. The molecule has 3 rings (SSSR count). The van der Waals surface area contributed by atoms with Gasteiger partial charge in [-0.15, -0.1) is 11.3 Å². The second-order valence-corrected chi connectivity index (χ2v) is 8.57. The molecule has 0 spiro atoms. The first kappa shape index (κ1) is 19.4. The van der Waals surface area contributed by atoms with Gasteiger partial charge in [0, 0.05) is 27.8 Å². The van der Waals surface area contributed by atoms with E-state index in [4.69, 9.17) is 9.47 Å². The number of methoxy groups -OCH3 is 2. The van der Waals surface area contributed by atoms with Crippen molar-refractivity contribution in [1.29, 1.82) is 0 Å². The van der Waals surface area contributed by atoms with Crippen molar-refractivity contribution in [2.24, 2.45) is 0 Å². The highest BCUT2D eigenvalue weighted by molar-refractivity contribution is 7.96. The van der Waals surface area contributed by atoms with Gasteiger partial charge in [0.1, 0.15) is 0 Å². The maximum Gasteiger partial charge on any atom is 0.501 e. The summed E-state index contributed by atoms with van der Waals surface area (Å²) in [5, 5.41) is 0. The van der Waals surface area contributed by atoms with Crippen LogP contribution in [0.15, 0.2) is 23.1 Å². The minimum atomic E-state index is -5.55. The van der Waals surface area contributed by atoms with Gasteiger partial charge < -0.3 is 9.47 Å². The molecule has 1 heterocycles. The average Bonchev–Trinajstić information content (AvgIpc) is 3.05. The van der Waals surface area contributed by atoms with Crippen molar-refractivity contribution < 1.29 is 35.9 Å². The van der Waals surface area contributed by atoms with Crippen LogP contribution in [0.5, 0.6) is 11.5 Å². The monoisotopic (exact) mass is 417 g/mol. The molecular weight excluding hydrogens is 405 g/mol. The van der Waals surface area contributed by atoms with Gasteiger partial charge in [0.2, 0.25) is 0 Å². The second kappa shape index (κ2) is 6.68. The molecule has 10 heteroatoms. The van der Waals surface area contributed by atoms with Crippen LogP contribution in [0, 0.1) is 6.07 Å². The number of sulfone groups is 1. The van der Waals surface area contributed by atoms with E-state index in [2.05, 4.69) is 6.07 Å². The number of ether oxygens (including phenoxy) is 2. The fourth-order valence-electron chi connectivity index (χ4n) is 2.54. The lowest BCUT2D eigenvalue weighted by Crippen LogP contribution is -2.27. The van der Waals surface area contributed by atoms with Gasteiger partial charge in [-0.05, 0) is 29.8 Å². The zero-order chi connectivity index (χ0) is 20.0. The van der Waals surface area contributed by atoms with Crippen LogP contribution in [0.25, 0.3) is 16.5 Å². The maximum absolute atomic E-state index is 12.8. The van der Waals surface area contributed by atoms with Crippen LogP contribution in [-0.2, 0) is 9.84 Å². The summed E-state index contributed by atoms with van der Waals surface area (Å²) < 4.78 is 71.9. The highest BCUT2D eigenvalue weighted by Gasteiger charge is 2.49. The van der Waals surface area contributed by atoms with E-state index in [1.54, 1.807) is 18.2 Å². The molecule has 0 aliphatic heterocycles. The first-order chi connectivity index (χ1) is 12.6. The van der Waals surface area contributed by atoms with Gasteiger partial charge in [0.25, 0.3) is 9.84 Å². The van der Waals surface area contributed by atoms with E-state index in [-0.39, 0.29) is 10.4 Å². The highest BCUT2D eigenvalue weighted by atomic mass is 32.2.